The van der Waals surface area contributed by atoms with Crippen molar-refractivity contribution < 1.29 is 4.39 Å². The number of fused-ring (bicyclic) bond motifs is 3. The molecular formula is C27H17Cl2FN2OS. The minimum Gasteiger partial charge on any atom is -0.272 e. The van der Waals surface area contributed by atoms with Gasteiger partial charge in [0.2, 0.25) is 0 Å². The Morgan fingerprint density at radius 3 is 2.62 bits per heavy atom. The highest BCUT2D eigenvalue weighted by Crippen LogP contribution is 2.43. The summed E-state index contributed by atoms with van der Waals surface area (Å²) in [6, 6.07) is 19.4. The van der Waals surface area contributed by atoms with Crippen LogP contribution in [0.5, 0.6) is 0 Å². The highest BCUT2D eigenvalue weighted by Gasteiger charge is 2.33. The molecule has 0 radical (unpaired) electrons. The molecule has 3 nitrogen and oxygen atoms in total. The molecular weight excluding hydrogens is 490 g/mol. The van der Waals surface area contributed by atoms with Gasteiger partial charge in [0.25, 0.3) is 5.56 Å². The summed E-state index contributed by atoms with van der Waals surface area (Å²) in [7, 11) is 0. The van der Waals surface area contributed by atoms with Crippen molar-refractivity contribution in [3.63, 3.8) is 0 Å². The maximum Gasteiger partial charge on any atom is 0.271 e. The summed E-state index contributed by atoms with van der Waals surface area (Å²) in [5, 5.41) is 1.05. The van der Waals surface area contributed by atoms with Crippen molar-refractivity contribution in [1.29, 1.82) is 0 Å². The van der Waals surface area contributed by atoms with Crippen molar-refractivity contribution in [3.8, 4) is 0 Å². The molecule has 0 amide bonds. The molecule has 0 N–H and O–H groups in total. The van der Waals surface area contributed by atoms with Crippen LogP contribution >= 0.6 is 34.5 Å². The van der Waals surface area contributed by atoms with Crippen molar-refractivity contribution in [2.45, 2.75) is 18.9 Å². The predicted octanol–water partition coefficient (Wildman–Crippen LogP) is 5.76. The number of aromatic nitrogens is 1. The maximum absolute atomic E-state index is 13.7. The topological polar surface area (TPSA) is 34.4 Å². The molecule has 0 saturated carbocycles. The SMILES string of the molecule is O=c1/c(=C\c2ccc(F)cc2)sc2n1[C@@H](c1ccc(Cl)cc1Cl)C1=C(N=2)c2ccccc2CC1. The van der Waals surface area contributed by atoms with E-state index in [1.807, 2.05) is 18.2 Å². The monoisotopic (exact) mass is 506 g/mol. The first kappa shape index (κ1) is 21.5. The van der Waals surface area contributed by atoms with E-state index in [-0.39, 0.29) is 17.4 Å². The summed E-state index contributed by atoms with van der Waals surface area (Å²) in [6.45, 7) is 0. The first-order valence-electron chi connectivity index (χ1n) is 10.8. The maximum atomic E-state index is 13.7. The largest absolute Gasteiger partial charge is 0.272 e. The zero-order chi connectivity index (χ0) is 23.4. The number of hydrogen-bond donors (Lipinski definition) is 0. The van der Waals surface area contributed by atoms with Gasteiger partial charge in [-0.15, -0.1) is 0 Å². The third-order valence-electron chi connectivity index (χ3n) is 6.30. The number of nitrogens with zero attached hydrogens (tertiary/aromatic N) is 2. The molecule has 0 unspecified atom stereocenters. The van der Waals surface area contributed by atoms with Crippen LogP contribution in [0.2, 0.25) is 10.0 Å². The number of halogens is 3. The first-order valence-corrected chi connectivity index (χ1v) is 12.4. The van der Waals surface area contributed by atoms with E-state index in [1.165, 1.54) is 29.0 Å². The van der Waals surface area contributed by atoms with Crippen LogP contribution in [0.4, 0.5) is 4.39 Å². The van der Waals surface area contributed by atoms with Crippen molar-refractivity contribution in [3.05, 3.63) is 130 Å². The molecule has 1 aromatic heterocycles. The Morgan fingerprint density at radius 1 is 1.03 bits per heavy atom. The van der Waals surface area contributed by atoms with E-state index < -0.39 is 0 Å². The standard InChI is InChI=1S/C27H17Cl2FN2OS/c28-17-8-12-20(22(29)14-17)25-21-11-7-16-3-1-2-4-19(16)24(21)31-27-32(25)26(33)23(34-27)13-15-5-9-18(30)10-6-15/h1-6,8-10,12-14,25H,7,11H2/b23-13+/t25-/m0/s1. The molecule has 34 heavy (non-hydrogen) atoms. The van der Waals surface area contributed by atoms with E-state index in [0.717, 1.165) is 40.8 Å². The average molecular weight is 507 g/mol. The summed E-state index contributed by atoms with van der Waals surface area (Å²) >= 11 is 14.2. The Morgan fingerprint density at radius 2 is 1.82 bits per heavy atom. The molecule has 3 aromatic carbocycles. The van der Waals surface area contributed by atoms with Gasteiger partial charge >= 0.3 is 0 Å². The van der Waals surface area contributed by atoms with Crippen molar-refractivity contribution >= 4 is 46.3 Å². The van der Waals surface area contributed by atoms with Gasteiger partial charge in [0.05, 0.1) is 16.3 Å². The van der Waals surface area contributed by atoms with E-state index in [9.17, 15) is 9.18 Å². The molecule has 1 aliphatic heterocycles. The van der Waals surface area contributed by atoms with Gasteiger partial charge in [-0.05, 0) is 65.4 Å². The Kier molecular flexibility index (Phi) is 5.29. The van der Waals surface area contributed by atoms with E-state index in [1.54, 1.807) is 34.9 Å². The first-order chi connectivity index (χ1) is 16.5. The zero-order valence-corrected chi connectivity index (χ0v) is 20.1. The summed E-state index contributed by atoms with van der Waals surface area (Å²) in [6.07, 6.45) is 3.42. The van der Waals surface area contributed by atoms with Gasteiger partial charge in [0, 0.05) is 15.6 Å². The van der Waals surface area contributed by atoms with Crippen LogP contribution in [-0.2, 0) is 6.42 Å². The predicted molar refractivity (Wildman–Crippen MR) is 136 cm³/mol. The lowest BCUT2D eigenvalue weighted by Crippen LogP contribution is -2.38. The fourth-order valence-electron chi connectivity index (χ4n) is 4.73. The minimum absolute atomic E-state index is 0.144. The zero-order valence-electron chi connectivity index (χ0n) is 17.8. The molecule has 4 aromatic rings. The number of thiazole rings is 1. The smallest absolute Gasteiger partial charge is 0.271 e. The van der Waals surface area contributed by atoms with Gasteiger partial charge in [-0.25, -0.2) is 9.38 Å². The van der Waals surface area contributed by atoms with Crippen LogP contribution < -0.4 is 14.9 Å². The lowest BCUT2D eigenvalue weighted by molar-refractivity contribution is 0.585. The highest BCUT2D eigenvalue weighted by molar-refractivity contribution is 7.07. The molecule has 7 heteroatoms. The van der Waals surface area contributed by atoms with Gasteiger partial charge in [-0.3, -0.25) is 9.36 Å². The van der Waals surface area contributed by atoms with Crippen molar-refractivity contribution in [2.24, 2.45) is 4.99 Å². The molecule has 0 bridgehead atoms. The van der Waals surface area contributed by atoms with Crippen LogP contribution in [0.3, 0.4) is 0 Å². The third kappa shape index (κ3) is 3.56. The van der Waals surface area contributed by atoms with E-state index in [4.69, 9.17) is 28.2 Å². The molecule has 0 spiro atoms. The van der Waals surface area contributed by atoms with E-state index in [2.05, 4.69) is 12.1 Å². The van der Waals surface area contributed by atoms with E-state index in [0.29, 0.717) is 19.4 Å². The fourth-order valence-corrected chi connectivity index (χ4v) is 6.25. The minimum atomic E-state index is -0.375. The normalized spacial score (nSPS) is 17.1. The number of aryl methyl sites for hydroxylation is 1. The molecule has 2 heterocycles. The second kappa shape index (κ2) is 8.35. The molecule has 1 atom stereocenters. The van der Waals surface area contributed by atoms with Gasteiger partial charge in [-0.2, -0.15) is 0 Å². The molecule has 0 saturated heterocycles. The highest BCUT2D eigenvalue weighted by atomic mass is 35.5. The molecule has 1 aliphatic carbocycles. The third-order valence-corrected chi connectivity index (χ3v) is 7.84. The number of allylic oxidation sites excluding steroid dienone is 1. The quantitative estimate of drug-likeness (QED) is 0.340. The van der Waals surface area contributed by atoms with Crippen LogP contribution in [0.1, 0.15) is 34.7 Å². The lowest BCUT2D eigenvalue weighted by atomic mass is 9.83. The second-order valence-electron chi connectivity index (χ2n) is 8.33. The summed E-state index contributed by atoms with van der Waals surface area (Å²) in [5.41, 5.74) is 5.75. The molecule has 168 valence electrons. The average Bonchev–Trinajstić information content (AvgIpc) is 3.14. The van der Waals surface area contributed by atoms with Gasteiger partial charge < -0.3 is 0 Å². The Hall–Kier alpha value is -2.99. The Balaban J connectivity index is 1.64. The lowest BCUT2D eigenvalue weighted by Gasteiger charge is -2.31. The Bertz CT molecular complexity index is 1670. The molecule has 2 aliphatic rings. The summed E-state index contributed by atoms with van der Waals surface area (Å²) in [4.78, 5) is 19.3. The Labute approximate surface area is 208 Å². The van der Waals surface area contributed by atoms with Crippen molar-refractivity contribution in [2.75, 3.05) is 0 Å². The van der Waals surface area contributed by atoms with Crippen LogP contribution in [0.15, 0.2) is 82.1 Å². The summed E-state index contributed by atoms with van der Waals surface area (Å²) in [5.74, 6) is -0.317. The number of hydrogen-bond acceptors (Lipinski definition) is 3. The summed E-state index contributed by atoms with van der Waals surface area (Å²) < 4.78 is 15.6. The van der Waals surface area contributed by atoms with Gasteiger partial charge in [0.15, 0.2) is 4.80 Å². The van der Waals surface area contributed by atoms with Gasteiger partial charge in [0.1, 0.15) is 5.82 Å². The van der Waals surface area contributed by atoms with Crippen LogP contribution in [0, 0.1) is 5.82 Å². The van der Waals surface area contributed by atoms with Crippen LogP contribution in [0.25, 0.3) is 11.8 Å². The van der Waals surface area contributed by atoms with E-state index >= 15 is 0 Å². The second-order valence-corrected chi connectivity index (χ2v) is 10.2. The van der Waals surface area contributed by atoms with Gasteiger partial charge in [-0.1, -0.05) is 77.0 Å². The molecule has 0 fully saturated rings. The van der Waals surface area contributed by atoms with Crippen molar-refractivity contribution in [1.82, 2.24) is 4.57 Å². The molecule has 6 rings (SSSR count). The fraction of sp³-hybridized carbons (Fsp3) is 0.111. The number of benzene rings is 3. The number of rotatable bonds is 2. The van der Waals surface area contributed by atoms with Crippen LogP contribution in [-0.4, -0.2) is 4.57 Å².